The highest BCUT2D eigenvalue weighted by atomic mass is 79.9. The first-order valence-electron chi connectivity index (χ1n) is 5.72. The standard InChI is InChI=1S/C13H10BrF2O4P/c1-7(17)8-2-3-9-6-12(14)11(5-10(9)4-8)13(15,16)21(18,19)20/h2-6H,1H3,(H2,18,19,20). The predicted molar refractivity (Wildman–Crippen MR) is 77.6 cm³/mol. The minimum Gasteiger partial charge on any atom is -0.320 e. The van der Waals surface area contributed by atoms with Crippen LogP contribution in [0.2, 0.25) is 0 Å². The van der Waals surface area contributed by atoms with Crippen molar-refractivity contribution in [1.82, 2.24) is 0 Å². The molecule has 0 bridgehead atoms. The Morgan fingerprint density at radius 2 is 1.81 bits per heavy atom. The third-order valence-corrected chi connectivity index (χ3v) is 4.65. The molecule has 0 aliphatic heterocycles. The molecule has 0 unspecified atom stereocenters. The van der Waals surface area contributed by atoms with Crippen LogP contribution in [-0.2, 0) is 10.2 Å². The van der Waals surface area contributed by atoms with Crippen molar-refractivity contribution in [3.63, 3.8) is 0 Å². The molecule has 0 saturated carbocycles. The summed E-state index contributed by atoms with van der Waals surface area (Å²) in [6.07, 6.45) is 0. The van der Waals surface area contributed by atoms with Crippen LogP contribution in [0.5, 0.6) is 0 Å². The van der Waals surface area contributed by atoms with Crippen molar-refractivity contribution in [3.8, 4) is 0 Å². The molecule has 0 spiro atoms. The number of halogens is 3. The minimum absolute atomic E-state index is 0.112. The van der Waals surface area contributed by atoms with E-state index in [1.165, 1.54) is 19.1 Å². The molecule has 0 aromatic heterocycles. The summed E-state index contributed by atoms with van der Waals surface area (Å²) in [5, 5.41) is 0.867. The fourth-order valence-electron chi connectivity index (χ4n) is 1.88. The fraction of sp³-hybridized carbons (Fsp3) is 0.154. The van der Waals surface area contributed by atoms with Crippen LogP contribution in [-0.4, -0.2) is 15.6 Å². The normalized spacial score (nSPS) is 12.7. The Kier molecular flexibility index (Phi) is 4.06. The molecule has 112 valence electrons. The van der Waals surface area contributed by atoms with Gasteiger partial charge in [-0.15, -0.1) is 0 Å². The topological polar surface area (TPSA) is 74.6 Å². The van der Waals surface area contributed by atoms with Crippen LogP contribution in [0.25, 0.3) is 10.8 Å². The Hall–Kier alpha value is -1.14. The maximum Gasteiger partial charge on any atom is 0.399 e. The molecule has 0 heterocycles. The van der Waals surface area contributed by atoms with E-state index in [0.717, 1.165) is 6.07 Å². The zero-order valence-electron chi connectivity index (χ0n) is 10.7. The zero-order chi connectivity index (χ0) is 16.0. The highest BCUT2D eigenvalue weighted by Gasteiger charge is 2.51. The number of ketones is 1. The molecule has 0 atom stereocenters. The zero-order valence-corrected chi connectivity index (χ0v) is 13.2. The molecule has 4 nitrogen and oxygen atoms in total. The Labute approximate surface area is 127 Å². The van der Waals surface area contributed by atoms with Gasteiger partial charge in [-0.05, 0) is 35.9 Å². The summed E-state index contributed by atoms with van der Waals surface area (Å²) in [5.41, 5.74) is -4.80. The van der Waals surface area contributed by atoms with E-state index < -0.39 is 18.8 Å². The summed E-state index contributed by atoms with van der Waals surface area (Å²) in [6.45, 7) is 1.34. The van der Waals surface area contributed by atoms with E-state index in [2.05, 4.69) is 15.9 Å². The number of Topliss-reactive ketones (excluding diaryl/α,β-unsaturated/α-hetero) is 1. The maximum atomic E-state index is 13.9. The van der Waals surface area contributed by atoms with Gasteiger partial charge >= 0.3 is 13.3 Å². The number of benzene rings is 2. The van der Waals surface area contributed by atoms with E-state index >= 15 is 0 Å². The highest BCUT2D eigenvalue weighted by Crippen LogP contribution is 2.60. The van der Waals surface area contributed by atoms with Gasteiger partial charge < -0.3 is 9.79 Å². The minimum atomic E-state index is -5.66. The van der Waals surface area contributed by atoms with Crippen molar-refractivity contribution >= 4 is 40.1 Å². The van der Waals surface area contributed by atoms with E-state index in [4.69, 9.17) is 9.79 Å². The molecule has 0 amide bonds. The van der Waals surface area contributed by atoms with Crippen LogP contribution in [0.4, 0.5) is 8.78 Å². The summed E-state index contributed by atoms with van der Waals surface area (Å²) in [5.74, 6) is -0.233. The molecule has 0 aliphatic carbocycles. The van der Waals surface area contributed by atoms with E-state index in [9.17, 15) is 18.1 Å². The second kappa shape index (κ2) is 5.25. The Bertz CT molecular complexity index is 785. The average molecular weight is 379 g/mol. The van der Waals surface area contributed by atoms with Gasteiger partial charge in [0.05, 0.1) is 0 Å². The molecular formula is C13H10BrF2O4P. The predicted octanol–water partition coefficient (Wildman–Crippen LogP) is 4.03. The third kappa shape index (κ3) is 2.92. The molecule has 0 saturated heterocycles. The van der Waals surface area contributed by atoms with Gasteiger partial charge in [-0.25, -0.2) is 0 Å². The maximum absolute atomic E-state index is 13.9. The summed E-state index contributed by atoms with van der Waals surface area (Å²) in [7, 11) is -5.66. The first-order chi connectivity index (χ1) is 9.54. The number of hydrogen-bond donors (Lipinski definition) is 2. The molecule has 0 aliphatic rings. The molecule has 2 aromatic rings. The van der Waals surface area contributed by atoms with Gasteiger partial charge in [-0.3, -0.25) is 9.36 Å². The van der Waals surface area contributed by atoms with Crippen LogP contribution in [0.1, 0.15) is 22.8 Å². The molecular weight excluding hydrogens is 369 g/mol. The largest absolute Gasteiger partial charge is 0.399 e. The lowest BCUT2D eigenvalue weighted by Gasteiger charge is -2.20. The van der Waals surface area contributed by atoms with Crippen LogP contribution in [0.15, 0.2) is 34.8 Å². The van der Waals surface area contributed by atoms with Crippen molar-refractivity contribution in [1.29, 1.82) is 0 Å². The lowest BCUT2D eigenvalue weighted by molar-refractivity contribution is 0.0559. The Morgan fingerprint density at radius 3 is 2.33 bits per heavy atom. The molecule has 2 aromatic carbocycles. The van der Waals surface area contributed by atoms with E-state index in [0.29, 0.717) is 16.3 Å². The average Bonchev–Trinajstić information content (AvgIpc) is 2.35. The van der Waals surface area contributed by atoms with Crippen molar-refractivity contribution in [2.24, 2.45) is 0 Å². The quantitative estimate of drug-likeness (QED) is 0.624. The van der Waals surface area contributed by atoms with E-state index in [1.54, 1.807) is 12.1 Å². The lowest BCUT2D eigenvalue weighted by Crippen LogP contribution is -2.14. The van der Waals surface area contributed by atoms with Gasteiger partial charge in [0.25, 0.3) is 0 Å². The van der Waals surface area contributed by atoms with Gasteiger partial charge in [0, 0.05) is 15.6 Å². The molecule has 21 heavy (non-hydrogen) atoms. The lowest BCUT2D eigenvalue weighted by atomic mass is 10.0. The summed E-state index contributed by atoms with van der Waals surface area (Å²) < 4.78 is 38.6. The molecule has 0 fully saturated rings. The highest BCUT2D eigenvalue weighted by molar-refractivity contribution is 9.10. The van der Waals surface area contributed by atoms with E-state index in [-0.39, 0.29) is 10.3 Å². The van der Waals surface area contributed by atoms with Gasteiger partial charge in [-0.1, -0.05) is 28.1 Å². The summed E-state index contributed by atoms with van der Waals surface area (Å²) in [6, 6.07) is 6.85. The SMILES string of the molecule is CC(=O)c1ccc2cc(Br)c(C(F)(F)P(=O)(O)O)cc2c1. The molecule has 2 rings (SSSR count). The number of carbonyl (C=O) groups is 1. The van der Waals surface area contributed by atoms with Crippen molar-refractivity contribution in [2.45, 2.75) is 12.6 Å². The van der Waals surface area contributed by atoms with Gasteiger partial charge in [0.15, 0.2) is 5.78 Å². The molecule has 8 heteroatoms. The van der Waals surface area contributed by atoms with Crippen LogP contribution < -0.4 is 0 Å². The fourth-order valence-corrected chi connectivity index (χ4v) is 3.14. The number of rotatable bonds is 3. The van der Waals surface area contributed by atoms with Gasteiger partial charge in [0.2, 0.25) is 0 Å². The van der Waals surface area contributed by atoms with Crippen LogP contribution >= 0.6 is 23.5 Å². The van der Waals surface area contributed by atoms with Crippen molar-refractivity contribution < 1.29 is 27.9 Å². The summed E-state index contributed by atoms with van der Waals surface area (Å²) >= 11 is 2.90. The number of fused-ring (bicyclic) bond motifs is 1. The second-order valence-electron chi connectivity index (χ2n) is 4.54. The third-order valence-electron chi connectivity index (χ3n) is 3.02. The van der Waals surface area contributed by atoms with Crippen molar-refractivity contribution in [3.05, 3.63) is 45.9 Å². The number of alkyl halides is 2. The molecule has 0 radical (unpaired) electrons. The number of carbonyl (C=O) groups excluding carboxylic acids is 1. The van der Waals surface area contributed by atoms with Crippen LogP contribution in [0, 0.1) is 0 Å². The van der Waals surface area contributed by atoms with Gasteiger partial charge in [-0.2, -0.15) is 8.78 Å². The first-order valence-corrected chi connectivity index (χ1v) is 8.13. The van der Waals surface area contributed by atoms with Gasteiger partial charge in [0.1, 0.15) is 0 Å². The molecule has 2 N–H and O–H groups in total. The monoisotopic (exact) mass is 378 g/mol. The number of hydrogen-bond acceptors (Lipinski definition) is 2. The Morgan fingerprint density at radius 1 is 1.19 bits per heavy atom. The van der Waals surface area contributed by atoms with E-state index in [1.807, 2.05) is 0 Å². The smallest absolute Gasteiger partial charge is 0.320 e. The first kappa shape index (κ1) is 16.2. The Balaban J connectivity index is 2.74. The second-order valence-corrected chi connectivity index (χ2v) is 7.04. The van der Waals surface area contributed by atoms with Crippen molar-refractivity contribution in [2.75, 3.05) is 0 Å². The summed E-state index contributed by atoms with van der Waals surface area (Å²) in [4.78, 5) is 29.0. The van der Waals surface area contributed by atoms with Crippen LogP contribution in [0.3, 0.4) is 0 Å².